The molecule has 0 saturated heterocycles. The minimum absolute atomic E-state index is 0.133. The minimum Gasteiger partial charge on any atom is -0.319 e. The highest BCUT2D eigenvalue weighted by Crippen LogP contribution is 2.26. The molecule has 2 atom stereocenters. The first kappa shape index (κ1) is 14.2. The molecule has 1 aromatic carbocycles. The first-order valence-electron chi connectivity index (χ1n) is 6.57. The molecule has 0 aliphatic heterocycles. The number of likely N-dealkylation sites (N-methyl/N-ethyl adjacent to an activating group) is 1. The van der Waals surface area contributed by atoms with Crippen molar-refractivity contribution in [1.29, 1.82) is 0 Å². The maximum absolute atomic E-state index is 13.2. The fourth-order valence-corrected chi connectivity index (χ4v) is 2.44. The number of nitrogens with one attached hydrogen (secondary N) is 1. The molecular weight excluding hydrogens is 213 g/mol. The van der Waals surface area contributed by atoms with Crippen LogP contribution in [-0.2, 0) is 0 Å². The van der Waals surface area contributed by atoms with E-state index in [9.17, 15) is 4.39 Å². The van der Waals surface area contributed by atoms with Crippen molar-refractivity contribution >= 4 is 0 Å². The molecule has 1 N–H and O–H groups in total. The van der Waals surface area contributed by atoms with Gasteiger partial charge in [0.05, 0.1) is 0 Å². The van der Waals surface area contributed by atoms with Gasteiger partial charge in [-0.2, -0.15) is 0 Å². The van der Waals surface area contributed by atoms with Gasteiger partial charge in [0.2, 0.25) is 0 Å². The summed E-state index contributed by atoms with van der Waals surface area (Å²) in [6.45, 7) is 5.41. The lowest BCUT2D eigenvalue weighted by Crippen LogP contribution is -2.19. The van der Waals surface area contributed by atoms with Gasteiger partial charge in [-0.25, -0.2) is 4.39 Å². The van der Waals surface area contributed by atoms with Crippen LogP contribution in [0.1, 0.15) is 44.6 Å². The lowest BCUT2D eigenvalue weighted by atomic mass is 9.87. The van der Waals surface area contributed by atoms with E-state index >= 15 is 0 Å². The highest BCUT2D eigenvalue weighted by molar-refractivity contribution is 5.21. The number of hydrogen-bond donors (Lipinski definition) is 1. The van der Waals surface area contributed by atoms with Crippen LogP contribution in [0, 0.1) is 11.7 Å². The second-order valence-electron chi connectivity index (χ2n) is 4.94. The van der Waals surface area contributed by atoms with Crippen molar-refractivity contribution in [2.75, 3.05) is 13.6 Å². The van der Waals surface area contributed by atoms with E-state index in [1.807, 2.05) is 13.1 Å². The molecule has 0 aliphatic rings. The number of rotatable bonds is 7. The SMILES string of the molecule is CCCC(C)CC(CNC)c1cccc(F)c1. The quantitative estimate of drug-likeness (QED) is 0.757. The molecule has 0 aromatic heterocycles. The Kier molecular flexibility index (Phi) is 6.20. The van der Waals surface area contributed by atoms with Crippen LogP contribution in [0.15, 0.2) is 24.3 Å². The third-order valence-corrected chi connectivity index (χ3v) is 3.24. The molecule has 0 radical (unpaired) electrons. The summed E-state index contributed by atoms with van der Waals surface area (Å²) >= 11 is 0. The molecule has 2 unspecified atom stereocenters. The minimum atomic E-state index is -0.133. The summed E-state index contributed by atoms with van der Waals surface area (Å²) in [6.07, 6.45) is 3.59. The fraction of sp³-hybridized carbons (Fsp3) is 0.600. The van der Waals surface area contributed by atoms with Crippen molar-refractivity contribution in [3.05, 3.63) is 35.6 Å². The van der Waals surface area contributed by atoms with Crippen molar-refractivity contribution < 1.29 is 4.39 Å². The van der Waals surface area contributed by atoms with Crippen LogP contribution < -0.4 is 5.32 Å². The van der Waals surface area contributed by atoms with Crippen LogP contribution in [0.3, 0.4) is 0 Å². The third kappa shape index (κ3) is 4.86. The summed E-state index contributed by atoms with van der Waals surface area (Å²) in [5.41, 5.74) is 1.11. The Morgan fingerprint density at radius 3 is 2.71 bits per heavy atom. The first-order chi connectivity index (χ1) is 8.17. The smallest absolute Gasteiger partial charge is 0.123 e. The molecule has 1 aromatic rings. The van der Waals surface area contributed by atoms with E-state index in [1.54, 1.807) is 12.1 Å². The zero-order chi connectivity index (χ0) is 12.7. The molecule has 2 heteroatoms. The summed E-state index contributed by atoms with van der Waals surface area (Å²) < 4.78 is 13.2. The average Bonchev–Trinajstić information content (AvgIpc) is 2.29. The van der Waals surface area contributed by atoms with Crippen LogP contribution in [0.2, 0.25) is 0 Å². The predicted molar refractivity (Wildman–Crippen MR) is 71.8 cm³/mol. The van der Waals surface area contributed by atoms with E-state index in [4.69, 9.17) is 0 Å². The third-order valence-electron chi connectivity index (χ3n) is 3.24. The molecular formula is C15H24FN. The maximum atomic E-state index is 13.2. The van der Waals surface area contributed by atoms with Crippen LogP contribution in [0.4, 0.5) is 4.39 Å². The Balaban J connectivity index is 2.71. The Bertz CT molecular complexity index is 324. The van der Waals surface area contributed by atoms with Gasteiger partial charge in [0.1, 0.15) is 5.82 Å². The van der Waals surface area contributed by atoms with E-state index in [2.05, 4.69) is 19.2 Å². The van der Waals surface area contributed by atoms with Gasteiger partial charge < -0.3 is 5.32 Å². The highest BCUT2D eigenvalue weighted by atomic mass is 19.1. The lowest BCUT2D eigenvalue weighted by molar-refractivity contribution is 0.425. The summed E-state index contributed by atoms with van der Waals surface area (Å²) in [4.78, 5) is 0. The lowest BCUT2D eigenvalue weighted by Gasteiger charge is -2.21. The van der Waals surface area contributed by atoms with E-state index in [0.717, 1.165) is 18.5 Å². The molecule has 0 bridgehead atoms. The second kappa shape index (κ2) is 7.44. The van der Waals surface area contributed by atoms with Crippen LogP contribution in [0.5, 0.6) is 0 Å². The summed E-state index contributed by atoms with van der Waals surface area (Å²) in [5, 5.41) is 3.21. The molecule has 1 nitrogen and oxygen atoms in total. The van der Waals surface area contributed by atoms with Gasteiger partial charge in [0, 0.05) is 6.54 Å². The highest BCUT2D eigenvalue weighted by Gasteiger charge is 2.14. The Hall–Kier alpha value is -0.890. The van der Waals surface area contributed by atoms with Gasteiger partial charge in [-0.15, -0.1) is 0 Å². The zero-order valence-electron chi connectivity index (χ0n) is 11.2. The summed E-state index contributed by atoms with van der Waals surface area (Å²) in [6, 6.07) is 7.01. The number of hydrogen-bond acceptors (Lipinski definition) is 1. The first-order valence-corrected chi connectivity index (χ1v) is 6.57. The molecule has 0 heterocycles. The topological polar surface area (TPSA) is 12.0 Å². The van der Waals surface area contributed by atoms with Crippen molar-refractivity contribution in [2.45, 2.75) is 39.0 Å². The van der Waals surface area contributed by atoms with Crippen molar-refractivity contribution in [2.24, 2.45) is 5.92 Å². The van der Waals surface area contributed by atoms with Crippen LogP contribution in [-0.4, -0.2) is 13.6 Å². The molecule has 0 spiro atoms. The van der Waals surface area contributed by atoms with Crippen LogP contribution >= 0.6 is 0 Å². The fourth-order valence-electron chi connectivity index (χ4n) is 2.44. The molecule has 0 aliphatic carbocycles. The number of benzene rings is 1. The molecule has 1 rings (SSSR count). The predicted octanol–water partition coefficient (Wildman–Crippen LogP) is 3.96. The molecule has 0 fully saturated rings. The molecule has 96 valence electrons. The van der Waals surface area contributed by atoms with Crippen molar-refractivity contribution in [1.82, 2.24) is 5.32 Å². The Labute approximate surface area is 104 Å². The maximum Gasteiger partial charge on any atom is 0.123 e. The average molecular weight is 237 g/mol. The van der Waals surface area contributed by atoms with Gasteiger partial charge in [0.15, 0.2) is 0 Å². The van der Waals surface area contributed by atoms with Gasteiger partial charge in [0.25, 0.3) is 0 Å². The van der Waals surface area contributed by atoms with E-state index in [0.29, 0.717) is 11.8 Å². The second-order valence-corrected chi connectivity index (χ2v) is 4.94. The Morgan fingerprint density at radius 2 is 2.12 bits per heavy atom. The monoisotopic (exact) mass is 237 g/mol. The number of halogens is 1. The molecule has 0 saturated carbocycles. The Morgan fingerprint density at radius 1 is 1.35 bits per heavy atom. The molecule has 0 amide bonds. The largest absolute Gasteiger partial charge is 0.319 e. The summed E-state index contributed by atoms with van der Waals surface area (Å²) in [7, 11) is 1.96. The van der Waals surface area contributed by atoms with Crippen LogP contribution in [0.25, 0.3) is 0 Å². The van der Waals surface area contributed by atoms with E-state index in [-0.39, 0.29) is 5.82 Å². The molecule has 17 heavy (non-hydrogen) atoms. The normalized spacial score (nSPS) is 14.6. The van der Waals surface area contributed by atoms with Gasteiger partial charge in [-0.1, -0.05) is 38.8 Å². The van der Waals surface area contributed by atoms with Gasteiger partial charge in [-0.05, 0) is 43.0 Å². The summed E-state index contributed by atoms with van der Waals surface area (Å²) in [5.74, 6) is 0.977. The standard InChI is InChI=1S/C15H24FN/c1-4-6-12(2)9-14(11-17-3)13-7-5-8-15(16)10-13/h5,7-8,10,12,14,17H,4,6,9,11H2,1-3H3. The van der Waals surface area contributed by atoms with E-state index < -0.39 is 0 Å². The van der Waals surface area contributed by atoms with Gasteiger partial charge in [-0.3, -0.25) is 0 Å². The van der Waals surface area contributed by atoms with Gasteiger partial charge >= 0.3 is 0 Å². The van der Waals surface area contributed by atoms with Crippen molar-refractivity contribution in [3.8, 4) is 0 Å². The van der Waals surface area contributed by atoms with Crippen molar-refractivity contribution in [3.63, 3.8) is 0 Å². The van der Waals surface area contributed by atoms with E-state index in [1.165, 1.54) is 18.9 Å². The zero-order valence-corrected chi connectivity index (χ0v) is 11.2.